The average Bonchev–Trinajstić information content (AvgIpc) is 2.55. The highest BCUT2D eigenvalue weighted by Gasteiger charge is 2.31. The monoisotopic (exact) mass is 373 g/mol. The average molecular weight is 374 g/mol. The van der Waals surface area contributed by atoms with Crippen LogP contribution in [-0.4, -0.2) is 53.9 Å². The maximum atomic E-state index is 12.3. The molecular weight excluding hydrogens is 346 g/mol. The molecule has 0 amide bonds. The molecular formula is C17H27NO4S2. The van der Waals surface area contributed by atoms with Crippen molar-refractivity contribution in [3.8, 4) is 0 Å². The minimum absolute atomic E-state index is 0.306. The van der Waals surface area contributed by atoms with E-state index in [2.05, 4.69) is 18.8 Å². The van der Waals surface area contributed by atoms with Gasteiger partial charge in [0.2, 0.25) is 0 Å². The van der Waals surface area contributed by atoms with Gasteiger partial charge >= 0.3 is 11.9 Å². The highest BCUT2D eigenvalue weighted by Crippen LogP contribution is 2.26. The minimum atomic E-state index is -0.493. The Bertz CT molecular complexity index is 503. The Morgan fingerprint density at radius 2 is 1.67 bits per heavy atom. The molecule has 0 saturated heterocycles. The van der Waals surface area contributed by atoms with Crippen LogP contribution in [0.3, 0.4) is 0 Å². The lowest BCUT2D eigenvalue weighted by molar-refractivity contribution is -0.145. The Morgan fingerprint density at radius 1 is 1.08 bits per heavy atom. The third-order valence-electron chi connectivity index (χ3n) is 3.57. The van der Waals surface area contributed by atoms with E-state index in [0.717, 1.165) is 23.0 Å². The van der Waals surface area contributed by atoms with Gasteiger partial charge in [-0.05, 0) is 31.8 Å². The lowest BCUT2D eigenvalue weighted by Gasteiger charge is -2.22. The molecule has 0 aliphatic carbocycles. The smallest absolute Gasteiger partial charge is 0.335 e. The van der Waals surface area contributed by atoms with Gasteiger partial charge in [-0.1, -0.05) is 13.8 Å². The van der Waals surface area contributed by atoms with Crippen LogP contribution in [0.5, 0.6) is 0 Å². The fourth-order valence-electron chi connectivity index (χ4n) is 2.27. The van der Waals surface area contributed by atoms with Crippen molar-refractivity contribution >= 4 is 41.2 Å². The van der Waals surface area contributed by atoms with Crippen molar-refractivity contribution in [1.82, 2.24) is 0 Å². The van der Waals surface area contributed by atoms with Crippen molar-refractivity contribution in [1.29, 1.82) is 0 Å². The van der Waals surface area contributed by atoms with Crippen LogP contribution < -0.4 is 0 Å². The number of carbonyl (C=O) groups excluding carboxylic acids is 2. The fourth-order valence-corrected chi connectivity index (χ4v) is 3.24. The van der Waals surface area contributed by atoms with Gasteiger partial charge < -0.3 is 9.47 Å². The second kappa shape index (κ2) is 11.6. The highest BCUT2D eigenvalue weighted by molar-refractivity contribution is 7.99. The topological polar surface area (TPSA) is 65.0 Å². The SMILES string of the molecule is CCSCCOC(=O)C1=C(C)N=C(C)C(C(=O)OCCSCC)C1. The largest absolute Gasteiger partial charge is 0.464 e. The first kappa shape index (κ1) is 21.1. The van der Waals surface area contributed by atoms with Crippen molar-refractivity contribution in [2.75, 3.05) is 36.2 Å². The first-order valence-electron chi connectivity index (χ1n) is 8.25. The number of hydrogen-bond donors (Lipinski definition) is 0. The van der Waals surface area contributed by atoms with E-state index in [0.29, 0.717) is 36.6 Å². The first-order chi connectivity index (χ1) is 11.5. The van der Waals surface area contributed by atoms with E-state index in [1.165, 1.54) is 0 Å². The Labute approximate surface area is 153 Å². The molecule has 5 nitrogen and oxygen atoms in total. The summed E-state index contributed by atoms with van der Waals surface area (Å²) >= 11 is 3.44. The standard InChI is InChI=1S/C17H27NO4S2/c1-5-23-9-7-21-16(19)14-11-15(13(4)18-12(14)3)17(20)22-8-10-24-6-2/h14H,5-11H2,1-4H3. The van der Waals surface area contributed by atoms with Crippen LogP contribution in [0, 0.1) is 5.92 Å². The summed E-state index contributed by atoms with van der Waals surface area (Å²) in [7, 11) is 0. The molecule has 0 saturated carbocycles. The number of allylic oxidation sites excluding steroid dienone is 1. The van der Waals surface area contributed by atoms with Gasteiger partial charge in [0, 0.05) is 22.9 Å². The Balaban J connectivity index is 2.60. The van der Waals surface area contributed by atoms with Gasteiger partial charge in [-0.15, -0.1) is 0 Å². The summed E-state index contributed by atoms with van der Waals surface area (Å²) in [6.45, 7) is 8.47. The van der Waals surface area contributed by atoms with Crippen LogP contribution in [0.2, 0.25) is 0 Å². The van der Waals surface area contributed by atoms with Gasteiger partial charge in [0.1, 0.15) is 13.2 Å². The number of rotatable bonds is 10. The Hall–Kier alpha value is -0.950. The van der Waals surface area contributed by atoms with E-state index in [9.17, 15) is 9.59 Å². The second-order valence-corrected chi connectivity index (χ2v) is 8.06. The van der Waals surface area contributed by atoms with Crippen LogP contribution in [0.25, 0.3) is 0 Å². The van der Waals surface area contributed by atoms with Crippen molar-refractivity contribution in [3.63, 3.8) is 0 Å². The molecule has 0 bridgehead atoms. The summed E-state index contributed by atoms with van der Waals surface area (Å²) in [5.74, 6) is 2.37. The molecule has 0 aromatic heterocycles. The molecule has 1 rings (SSSR count). The van der Waals surface area contributed by atoms with Gasteiger partial charge in [0.15, 0.2) is 0 Å². The molecule has 1 heterocycles. The molecule has 136 valence electrons. The highest BCUT2D eigenvalue weighted by atomic mass is 32.2. The number of thioether (sulfide) groups is 2. The Morgan fingerprint density at radius 3 is 2.25 bits per heavy atom. The fraction of sp³-hybridized carbons (Fsp3) is 0.706. The maximum absolute atomic E-state index is 12.3. The van der Waals surface area contributed by atoms with Crippen LogP contribution in [0.1, 0.15) is 34.1 Å². The number of carbonyl (C=O) groups is 2. The number of nitrogens with zero attached hydrogens (tertiary/aromatic N) is 1. The molecule has 0 spiro atoms. The number of ether oxygens (including phenoxy) is 2. The molecule has 0 N–H and O–H groups in total. The molecule has 0 aromatic carbocycles. The summed E-state index contributed by atoms with van der Waals surface area (Å²) in [4.78, 5) is 28.8. The third-order valence-corrected chi connectivity index (χ3v) is 5.29. The lowest BCUT2D eigenvalue weighted by atomic mass is 9.91. The van der Waals surface area contributed by atoms with E-state index < -0.39 is 5.92 Å². The van der Waals surface area contributed by atoms with Gasteiger partial charge in [-0.3, -0.25) is 9.79 Å². The number of esters is 2. The Kier molecular flexibility index (Phi) is 10.2. The molecule has 1 unspecified atom stereocenters. The second-order valence-electron chi connectivity index (χ2n) is 5.27. The lowest BCUT2D eigenvalue weighted by Crippen LogP contribution is -2.30. The quantitative estimate of drug-likeness (QED) is 0.432. The van der Waals surface area contributed by atoms with Gasteiger partial charge in [0.05, 0.1) is 11.5 Å². The maximum Gasteiger partial charge on any atom is 0.335 e. The van der Waals surface area contributed by atoms with E-state index in [1.54, 1.807) is 37.4 Å². The summed E-state index contributed by atoms with van der Waals surface area (Å²) in [6, 6.07) is 0. The molecule has 0 aromatic rings. The molecule has 0 fully saturated rings. The predicted molar refractivity (Wildman–Crippen MR) is 102 cm³/mol. The van der Waals surface area contributed by atoms with Gasteiger partial charge in [-0.2, -0.15) is 23.5 Å². The summed E-state index contributed by atoms with van der Waals surface area (Å²) in [5, 5.41) is 0. The van der Waals surface area contributed by atoms with E-state index in [-0.39, 0.29) is 11.9 Å². The van der Waals surface area contributed by atoms with E-state index >= 15 is 0 Å². The van der Waals surface area contributed by atoms with Crippen molar-refractivity contribution in [2.45, 2.75) is 34.1 Å². The van der Waals surface area contributed by atoms with Crippen LogP contribution in [0.15, 0.2) is 16.3 Å². The van der Waals surface area contributed by atoms with E-state index in [1.807, 2.05) is 0 Å². The zero-order valence-corrected chi connectivity index (χ0v) is 16.6. The van der Waals surface area contributed by atoms with Crippen molar-refractivity contribution < 1.29 is 19.1 Å². The molecule has 1 atom stereocenters. The molecule has 1 aliphatic rings. The first-order valence-corrected chi connectivity index (χ1v) is 10.6. The van der Waals surface area contributed by atoms with E-state index in [4.69, 9.17) is 9.47 Å². The molecule has 7 heteroatoms. The van der Waals surface area contributed by atoms with Crippen LogP contribution in [-0.2, 0) is 19.1 Å². The minimum Gasteiger partial charge on any atom is -0.464 e. The molecule has 1 aliphatic heterocycles. The van der Waals surface area contributed by atoms with Gasteiger partial charge in [0.25, 0.3) is 0 Å². The van der Waals surface area contributed by atoms with Crippen LogP contribution >= 0.6 is 23.5 Å². The summed E-state index contributed by atoms with van der Waals surface area (Å²) in [6.07, 6.45) is 0.306. The summed E-state index contributed by atoms with van der Waals surface area (Å²) in [5.41, 5.74) is 1.80. The predicted octanol–water partition coefficient (Wildman–Crippen LogP) is 3.33. The normalized spacial score (nSPS) is 17.5. The number of aliphatic imine (C=N–C) groups is 1. The number of hydrogen-bond acceptors (Lipinski definition) is 7. The third kappa shape index (κ3) is 6.89. The summed E-state index contributed by atoms with van der Waals surface area (Å²) < 4.78 is 10.6. The van der Waals surface area contributed by atoms with Crippen molar-refractivity contribution in [2.24, 2.45) is 10.9 Å². The van der Waals surface area contributed by atoms with Crippen molar-refractivity contribution in [3.05, 3.63) is 11.3 Å². The molecule has 0 radical (unpaired) electrons. The molecule has 24 heavy (non-hydrogen) atoms. The zero-order chi connectivity index (χ0) is 17.9. The van der Waals surface area contributed by atoms with Gasteiger partial charge in [-0.25, -0.2) is 4.79 Å². The zero-order valence-electron chi connectivity index (χ0n) is 14.9. The van der Waals surface area contributed by atoms with Crippen LogP contribution in [0.4, 0.5) is 0 Å².